The normalized spacial score (nSPS) is 9.92. The minimum Gasteiger partial charge on any atom is -0.478 e. The Morgan fingerprint density at radius 1 is 0.958 bits per heavy atom. The maximum atomic E-state index is 10.3. The summed E-state index contributed by atoms with van der Waals surface area (Å²) in [7, 11) is 0. The van der Waals surface area contributed by atoms with Gasteiger partial charge < -0.3 is 10.2 Å². The number of aliphatic hydroxyl groups excluding tert-OH is 1. The van der Waals surface area contributed by atoms with Crippen molar-refractivity contribution < 1.29 is 19.9 Å². The summed E-state index contributed by atoms with van der Waals surface area (Å²) in [6, 6.07) is 4.70. The van der Waals surface area contributed by atoms with Crippen LogP contribution in [0.5, 0.6) is 0 Å². The molecule has 0 fully saturated rings. The lowest BCUT2D eigenvalue weighted by Crippen LogP contribution is -1.96. The lowest BCUT2D eigenvalue weighted by molar-refractivity contribution is -0.384. The molecule has 0 atom stereocenters. The number of alkyl halides is 1. The summed E-state index contributed by atoms with van der Waals surface area (Å²) in [6.45, 7) is 0.365. The summed E-state index contributed by atoms with van der Waals surface area (Å²) in [4.78, 5) is 19.9. The first-order valence-electron chi connectivity index (χ1n) is 8.17. The standard InChI is InChI=1S/C10H21BrO.C7H5NO4/c11-9-7-5-3-1-2-4-6-8-10-12;9-7(10)5-1-3-6(4-2-5)8(11)12/h12H,1-10H2;1-4H,(H,9,10). The molecule has 1 rings (SSSR count). The molecule has 0 radical (unpaired) electrons. The Bertz CT molecular complexity index is 422. The Balaban J connectivity index is 0.000000441. The van der Waals surface area contributed by atoms with Crippen LogP contribution in [0, 0.1) is 10.1 Å². The number of rotatable bonds is 11. The third-order valence-electron chi connectivity index (χ3n) is 3.37. The van der Waals surface area contributed by atoms with E-state index >= 15 is 0 Å². The summed E-state index contributed by atoms with van der Waals surface area (Å²) in [5.41, 5.74) is -0.0689. The molecule has 0 unspecified atom stereocenters. The van der Waals surface area contributed by atoms with E-state index in [1.54, 1.807) is 0 Å². The van der Waals surface area contributed by atoms with Crippen LogP contribution < -0.4 is 0 Å². The fourth-order valence-corrected chi connectivity index (χ4v) is 2.39. The number of benzene rings is 1. The van der Waals surface area contributed by atoms with E-state index in [1.165, 1.54) is 57.1 Å². The molecule has 0 heterocycles. The Labute approximate surface area is 151 Å². The summed E-state index contributed by atoms with van der Waals surface area (Å²) in [5.74, 6) is -1.09. The van der Waals surface area contributed by atoms with E-state index in [1.807, 2.05) is 0 Å². The maximum absolute atomic E-state index is 10.3. The average molecular weight is 404 g/mol. The molecule has 0 aliphatic heterocycles. The molecule has 1 aromatic rings. The minimum atomic E-state index is -1.09. The van der Waals surface area contributed by atoms with Crippen LogP contribution >= 0.6 is 15.9 Å². The number of carboxylic acid groups (broad SMARTS) is 1. The highest BCUT2D eigenvalue weighted by Gasteiger charge is 2.06. The van der Waals surface area contributed by atoms with Gasteiger partial charge in [-0.15, -0.1) is 0 Å². The van der Waals surface area contributed by atoms with Crippen molar-refractivity contribution in [1.29, 1.82) is 0 Å². The molecular formula is C17H26BrNO5. The van der Waals surface area contributed by atoms with Crippen molar-refractivity contribution in [2.24, 2.45) is 0 Å². The van der Waals surface area contributed by atoms with Gasteiger partial charge >= 0.3 is 5.97 Å². The van der Waals surface area contributed by atoms with Gasteiger partial charge in [-0.1, -0.05) is 54.5 Å². The second-order valence-corrected chi connectivity index (χ2v) is 6.14. The molecule has 6 nitrogen and oxygen atoms in total. The molecule has 136 valence electrons. The molecule has 2 N–H and O–H groups in total. The van der Waals surface area contributed by atoms with E-state index < -0.39 is 10.9 Å². The van der Waals surface area contributed by atoms with Crippen molar-refractivity contribution in [3.05, 3.63) is 39.9 Å². The molecule has 1 aromatic carbocycles. The molecule has 24 heavy (non-hydrogen) atoms. The van der Waals surface area contributed by atoms with Gasteiger partial charge in [0.2, 0.25) is 0 Å². The maximum Gasteiger partial charge on any atom is 0.335 e. The Morgan fingerprint density at radius 3 is 1.79 bits per heavy atom. The summed E-state index contributed by atoms with van der Waals surface area (Å²) in [5, 5.41) is 28.3. The number of aliphatic hydroxyl groups is 1. The highest BCUT2D eigenvalue weighted by Crippen LogP contribution is 2.11. The lowest BCUT2D eigenvalue weighted by Gasteiger charge is -1.99. The zero-order chi connectivity index (χ0) is 18.2. The molecule has 0 amide bonds. The molecule has 7 heteroatoms. The number of nitrogens with zero attached hydrogens (tertiary/aromatic N) is 1. The molecule has 0 saturated heterocycles. The monoisotopic (exact) mass is 403 g/mol. The van der Waals surface area contributed by atoms with Crippen LogP contribution in [-0.4, -0.2) is 33.0 Å². The van der Waals surface area contributed by atoms with Crippen LogP contribution in [0.1, 0.15) is 61.7 Å². The SMILES string of the molecule is O=C(O)c1ccc([N+](=O)[O-])cc1.OCCCCCCCCCCBr. The van der Waals surface area contributed by atoms with Crippen molar-refractivity contribution >= 4 is 27.6 Å². The molecule has 0 saturated carbocycles. The van der Waals surface area contributed by atoms with E-state index in [9.17, 15) is 14.9 Å². The van der Waals surface area contributed by atoms with Gasteiger partial charge in [-0.3, -0.25) is 10.1 Å². The van der Waals surface area contributed by atoms with E-state index in [0.717, 1.165) is 23.9 Å². The Hall–Kier alpha value is -1.47. The quantitative estimate of drug-likeness (QED) is 0.239. The molecule has 0 aliphatic carbocycles. The van der Waals surface area contributed by atoms with Crippen LogP contribution in [0.2, 0.25) is 0 Å². The highest BCUT2D eigenvalue weighted by molar-refractivity contribution is 9.09. The van der Waals surface area contributed by atoms with Gasteiger partial charge in [0.15, 0.2) is 0 Å². The number of halogens is 1. The van der Waals surface area contributed by atoms with Crippen LogP contribution in [0.4, 0.5) is 5.69 Å². The fourth-order valence-electron chi connectivity index (χ4n) is 1.99. The second-order valence-electron chi connectivity index (χ2n) is 5.35. The van der Waals surface area contributed by atoms with Gasteiger partial charge in [-0.25, -0.2) is 4.79 Å². The Morgan fingerprint density at radius 2 is 1.42 bits per heavy atom. The Kier molecular flexibility index (Phi) is 14.2. The number of carbonyl (C=O) groups is 1. The van der Waals surface area contributed by atoms with Crippen LogP contribution in [0.15, 0.2) is 24.3 Å². The second kappa shape index (κ2) is 15.1. The van der Waals surface area contributed by atoms with Crippen molar-refractivity contribution in [1.82, 2.24) is 0 Å². The number of carboxylic acids is 1. The molecule has 0 aromatic heterocycles. The number of non-ortho nitro benzene ring substituents is 1. The van der Waals surface area contributed by atoms with E-state index in [4.69, 9.17) is 10.2 Å². The number of unbranched alkanes of at least 4 members (excludes halogenated alkanes) is 7. The van der Waals surface area contributed by atoms with Crippen molar-refractivity contribution in [2.75, 3.05) is 11.9 Å². The zero-order valence-electron chi connectivity index (χ0n) is 13.8. The van der Waals surface area contributed by atoms with Crippen LogP contribution in [0.3, 0.4) is 0 Å². The summed E-state index contributed by atoms with van der Waals surface area (Å²) >= 11 is 3.42. The fraction of sp³-hybridized carbons (Fsp3) is 0.588. The van der Waals surface area contributed by atoms with E-state index in [-0.39, 0.29) is 11.3 Å². The summed E-state index contributed by atoms with van der Waals surface area (Å²) < 4.78 is 0. The number of nitro benzene ring substituents is 1. The first-order chi connectivity index (χ1) is 11.5. The smallest absolute Gasteiger partial charge is 0.335 e. The van der Waals surface area contributed by atoms with Gasteiger partial charge in [-0.05, 0) is 25.0 Å². The molecule has 0 aliphatic rings. The number of aromatic carboxylic acids is 1. The molecule has 0 bridgehead atoms. The summed E-state index contributed by atoms with van der Waals surface area (Å²) in [6.07, 6.45) is 10.3. The predicted molar refractivity (Wildman–Crippen MR) is 97.9 cm³/mol. The topological polar surface area (TPSA) is 101 Å². The largest absolute Gasteiger partial charge is 0.478 e. The van der Waals surface area contributed by atoms with Crippen molar-refractivity contribution in [3.8, 4) is 0 Å². The number of hydrogen-bond donors (Lipinski definition) is 2. The third kappa shape index (κ3) is 12.0. The van der Waals surface area contributed by atoms with Gasteiger partial charge in [0.1, 0.15) is 0 Å². The van der Waals surface area contributed by atoms with Crippen molar-refractivity contribution in [2.45, 2.75) is 51.4 Å². The number of nitro groups is 1. The van der Waals surface area contributed by atoms with Gasteiger partial charge in [0.05, 0.1) is 10.5 Å². The van der Waals surface area contributed by atoms with E-state index in [0.29, 0.717) is 6.61 Å². The van der Waals surface area contributed by atoms with E-state index in [2.05, 4.69) is 15.9 Å². The van der Waals surface area contributed by atoms with Crippen molar-refractivity contribution in [3.63, 3.8) is 0 Å². The minimum absolute atomic E-state index is 0.0422. The van der Waals surface area contributed by atoms with Gasteiger partial charge in [-0.2, -0.15) is 0 Å². The lowest BCUT2D eigenvalue weighted by atomic mass is 10.1. The molecular weight excluding hydrogens is 378 g/mol. The third-order valence-corrected chi connectivity index (χ3v) is 3.93. The average Bonchev–Trinajstić information content (AvgIpc) is 2.58. The molecule has 0 spiro atoms. The zero-order valence-corrected chi connectivity index (χ0v) is 15.4. The first kappa shape index (κ1) is 22.5. The van der Waals surface area contributed by atoms with Crippen LogP contribution in [0.25, 0.3) is 0 Å². The first-order valence-corrected chi connectivity index (χ1v) is 9.29. The van der Waals surface area contributed by atoms with Gasteiger partial charge in [0, 0.05) is 24.1 Å². The highest BCUT2D eigenvalue weighted by atomic mass is 79.9. The van der Waals surface area contributed by atoms with Crippen LogP contribution in [-0.2, 0) is 0 Å². The number of hydrogen-bond acceptors (Lipinski definition) is 4. The van der Waals surface area contributed by atoms with Gasteiger partial charge in [0.25, 0.3) is 5.69 Å². The predicted octanol–water partition coefficient (Wildman–Crippen LogP) is 4.79.